The Morgan fingerprint density at radius 3 is 3.06 bits per heavy atom. The lowest BCUT2D eigenvalue weighted by Crippen LogP contribution is -2.43. The summed E-state index contributed by atoms with van der Waals surface area (Å²) in [5, 5.41) is 3.39. The van der Waals surface area contributed by atoms with Crippen LogP contribution in [0.2, 0.25) is 0 Å². The second-order valence-electron chi connectivity index (χ2n) is 5.46. The highest BCUT2D eigenvalue weighted by Crippen LogP contribution is 2.45. The van der Waals surface area contributed by atoms with E-state index in [1.807, 2.05) is 0 Å². The first-order valence-electron chi connectivity index (χ1n) is 5.79. The second-order valence-corrected chi connectivity index (χ2v) is 5.46. The van der Waals surface area contributed by atoms with E-state index in [9.17, 15) is 4.39 Å². The average Bonchev–Trinajstić information content (AvgIpc) is 2.52. The molecule has 1 fully saturated rings. The van der Waals surface area contributed by atoms with E-state index < -0.39 is 0 Å². The van der Waals surface area contributed by atoms with Gasteiger partial charge in [-0.3, -0.25) is 0 Å². The molecule has 1 aromatic carbocycles. The zero-order valence-electron chi connectivity index (χ0n) is 9.59. The average molecular weight is 221 g/mol. The number of ether oxygens (including phenoxy) is 1. The maximum atomic E-state index is 13.1. The Kier molecular flexibility index (Phi) is 1.94. The minimum absolute atomic E-state index is 0.198. The maximum Gasteiger partial charge on any atom is 0.143 e. The molecule has 0 aromatic heterocycles. The molecule has 0 saturated heterocycles. The van der Waals surface area contributed by atoms with Gasteiger partial charge in [-0.1, -0.05) is 13.8 Å². The van der Waals surface area contributed by atoms with Crippen LogP contribution in [0.25, 0.3) is 0 Å². The Labute approximate surface area is 94.8 Å². The Morgan fingerprint density at radius 2 is 2.25 bits per heavy atom. The summed E-state index contributed by atoms with van der Waals surface area (Å²) >= 11 is 0. The number of rotatable bonds is 0. The Morgan fingerprint density at radius 1 is 1.44 bits per heavy atom. The fraction of sp³-hybridized carbons (Fsp3) is 0.538. The highest BCUT2D eigenvalue weighted by Gasteiger charge is 2.46. The van der Waals surface area contributed by atoms with E-state index in [1.54, 1.807) is 6.07 Å². The van der Waals surface area contributed by atoms with E-state index in [0.29, 0.717) is 6.04 Å². The molecule has 1 saturated carbocycles. The summed E-state index contributed by atoms with van der Waals surface area (Å²) in [6, 6.07) is 4.99. The van der Waals surface area contributed by atoms with Crippen molar-refractivity contribution in [1.82, 2.24) is 0 Å². The molecule has 0 spiro atoms. The Hall–Kier alpha value is -1.25. The minimum atomic E-state index is -0.217. The van der Waals surface area contributed by atoms with Crippen molar-refractivity contribution in [2.45, 2.75) is 38.8 Å². The summed E-state index contributed by atoms with van der Waals surface area (Å²) in [6.45, 7) is 4.46. The smallest absolute Gasteiger partial charge is 0.143 e. The van der Waals surface area contributed by atoms with Crippen LogP contribution in [-0.4, -0.2) is 12.1 Å². The number of fused-ring (bicyclic) bond motifs is 2. The lowest BCUT2D eigenvalue weighted by atomic mass is 9.88. The summed E-state index contributed by atoms with van der Waals surface area (Å²) in [5.41, 5.74) is 0.989. The van der Waals surface area contributed by atoms with Gasteiger partial charge >= 0.3 is 0 Å². The predicted octanol–water partition coefficient (Wildman–Crippen LogP) is 3.19. The molecule has 3 rings (SSSR count). The van der Waals surface area contributed by atoms with Gasteiger partial charge in [0.2, 0.25) is 0 Å². The molecular formula is C13H16FNO. The minimum Gasteiger partial charge on any atom is -0.486 e. The van der Waals surface area contributed by atoms with Crippen LogP contribution in [0.3, 0.4) is 0 Å². The number of halogens is 1. The van der Waals surface area contributed by atoms with Crippen LogP contribution in [0.15, 0.2) is 18.2 Å². The molecule has 1 heterocycles. The maximum absolute atomic E-state index is 13.1. The normalized spacial score (nSPS) is 29.9. The van der Waals surface area contributed by atoms with Gasteiger partial charge in [0.1, 0.15) is 17.7 Å². The van der Waals surface area contributed by atoms with Crippen LogP contribution in [0.4, 0.5) is 10.1 Å². The summed E-state index contributed by atoms with van der Waals surface area (Å²) in [7, 11) is 0. The van der Waals surface area contributed by atoms with Crippen molar-refractivity contribution in [2.75, 3.05) is 5.32 Å². The van der Waals surface area contributed by atoms with Gasteiger partial charge in [-0.25, -0.2) is 4.39 Å². The standard InChI is InChI=1S/C13H16FNO/c1-13(2)6-5-9-12(13)16-11-4-3-8(14)7-10(11)15-9/h3-4,7,9,12,15H,5-6H2,1-2H3. The highest BCUT2D eigenvalue weighted by atomic mass is 19.1. The molecule has 2 aliphatic rings. The van der Waals surface area contributed by atoms with Crippen molar-refractivity contribution in [2.24, 2.45) is 5.41 Å². The molecular weight excluding hydrogens is 205 g/mol. The molecule has 1 aliphatic heterocycles. The third kappa shape index (κ3) is 1.38. The summed E-state index contributed by atoms with van der Waals surface area (Å²) < 4.78 is 19.1. The van der Waals surface area contributed by atoms with Crippen molar-refractivity contribution in [1.29, 1.82) is 0 Å². The number of benzene rings is 1. The van der Waals surface area contributed by atoms with Crippen molar-refractivity contribution in [3.05, 3.63) is 24.0 Å². The molecule has 0 amide bonds. The van der Waals surface area contributed by atoms with E-state index in [2.05, 4.69) is 19.2 Å². The van der Waals surface area contributed by atoms with Gasteiger partial charge in [-0.15, -0.1) is 0 Å². The van der Waals surface area contributed by atoms with E-state index >= 15 is 0 Å². The highest BCUT2D eigenvalue weighted by molar-refractivity contribution is 5.59. The van der Waals surface area contributed by atoms with E-state index in [0.717, 1.165) is 24.3 Å². The molecule has 2 atom stereocenters. The van der Waals surface area contributed by atoms with E-state index in [1.165, 1.54) is 12.1 Å². The number of hydrogen-bond donors (Lipinski definition) is 1. The quantitative estimate of drug-likeness (QED) is 0.726. The van der Waals surface area contributed by atoms with Crippen molar-refractivity contribution in [3.63, 3.8) is 0 Å². The van der Waals surface area contributed by atoms with Crippen LogP contribution in [0.5, 0.6) is 5.75 Å². The molecule has 1 N–H and O–H groups in total. The lowest BCUT2D eigenvalue weighted by Gasteiger charge is -2.36. The van der Waals surface area contributed by atoms with Crippen molar-refractivity contribution < 1.29 is 9.13 Å². The predicted molar refractivity (Wildman–Crippen MR) is 61.2 cm³/mol. The van der Waals surface area contributed by atoms with Crippen molar-refractivity contribution >= 4 is 5.69 Å². The molecule has 86 valence electrons. The van der Waals surface area contributed by atoms with Gasteiger partial charge in [-0.05, 0) is 25.0 Å². The fourth-order valence-electron chi connectivity index (χ4n) is 2.81. The van der Waals surface area contributed by atoms with E-state index in [-0.39, 0.29) is 17.3 Å². The Bertz CT molecular complexity index is 430. The third-order valence-electron chi connectivity index (χ3n) is 3.77. The van der Waals surface area contributed by atoms with Gasteiger partial charge in [0.15, 0.2) is 0 Å². The van der Waals surface area contributed by atoms with Gasteiger partial charge < -0.3 is 10.1 Å². The largest absolute Gasteiger partial charge is 0.486 e. The number of hydrogen-bond acceptors (Lipinski definition) is 2. The van der Waals surface area contributed by atoms with Crippen LogP contribution < -0.4 is 10.1 Å². The molecule has 2 nitrogen and oxygen atoms in total. The summed E-state index contributed by atoms with van der Waals surface area (Å²) in [5.74, 6) is 0.559. The number of anilines is 1. The van der Waals surface area contributed by atoms with Crippen LogP contribution in [0.1, 0.15) is 26.7 Å². The molecule has 0 radical (unpaired) electrons. The molecule has 1 aliphatic carbocycles. The lowest BCUT2D eigenvalue weighted by molar-refractivity contribution is 0.0900. The summed E-state index contributed by atoms with van der Waals surface area (Å²) in [6.07, 6.45) is 2.44. The first-order valence-corrected chi connectivity index (χ1v) is 5.79. The fourth-order valence-corrected chi connectivity index (χ4v) is 2.81. The zero-order chi connectivity index (χ0) is 11.3. The van der Waals surface area contributed by atoms with E-state index in [4.69, 9.17) is 4.74 Å². The third-order valence-corrected chi connectivity index (χ3v) is 3.77. The van der Waals surface area contributed by atoms with Crippen LogP contribution in [-0.2, 0) is 0 Å². The van der Waals surface area contributed by atoms with Crippen LogP contribution >= 0.6 is 0 Å². The molecule has 0 bridgehead atoms. The van der Waals surface area contributed by atoms with Crippen LogP contribution in [0, 0.1) is 11.2 Å². The topological polar surface area (TPSA) is 21.3 Å². The second kappa shape index (κ2) is 3.12. The van der Waals surface area contributed by atoms with Crippen molar-refractivity contribution in [3.8, 4) is 5.75 Å². The van der Waals surface area contributed by atoms with Gasteiger partial charge in [0.25, 0.3) is 0 Å². The SMILES string of the molecule is CC1(C)CCC2Nc3cc(F)ccc3OC21. The number of nitrogens with one attached hydrogen (secondary N) is 1. The molecule has 2 unspecified atom stereocenters. The summed E-state index contributed by atoms with van der Waals surface area (Å²) in [4.78, 5) is 0. The monoisotopic (exact) mass is 221 g/mol. The first kappa shape index (κ1) is 9.94. The molecule has 16 heavy (non-hydrogen) atoms. The molecule has 3 heteroatoms. The molecule has 1 aromatic rings. The van der Waals surface area contributed by atoms with Gasteiger partial charge in [0.05, 0.1) is 11.7 Å². The van der Waals surface area contributed by atoms with Gasteiger partial charge in [-0.2, -0.15) is 0 Å². The first-order chi connectivity index (χ1) is 7.56. The van der Waals surface area contributed by atoms with Gasteiger partial charge in [0, 0.05) is 11.5 Å². The Balaban J connectivity index is 1.97. The zero-order valence-corrected chi connectivity index (χ0v) is 9.59.